The van der Waals surface area contributed by atoms with E-state index in [0.29, 0.717) is 0 Å². The molecule has 79 valence electrons. The zero-order valence-electron chi connectivity index (χ0n) is 9.45. The summed E-state index contributed by atoms with van der Waals surface area (Å²) in [6, 6.07) is 18.2. The fourth-order valence-electron chi connectivity index (χ4n) is 2.33. The summed E-state index contributed by atoms with van der Waals surface area (Å²) in [7, 11) is 0. The van der Waals surface area contributed by atoms with Crippen LogP contribution in [0.15, 0.2) is 52.3 Å². The lowest BCUT2D eigenvalue weighted by molar-refractivity contribution is 0.607. The molecule has 3 rings (SSSR count). The van der Waals surface area contributed by atoms with Crippen LogP contribution in [0.4, 0.5) is 0 Å². The van der Waals surface area contributed by atoms with Crippen molar-refractivity contribution in [1.29, 1.82) is 0 Å². The molecule has 0 aliphatic carbocycles. The predicted molar refractivity (Wildman–Crippen MR) is 68.0 cm³/mol. The first-order chi connectivity index (χ1) is 7.69. The molecule has 0 atom stereocenters. The lowest BCUT2D eigenvalue weighted by atomic mass is 9.78. The Morgan fingerprint density at radius 3 is 2.62 bits per heavy atom. The molecule has 0 saturated heterocycles. The molecule has 0 fully saturated rings. The van der Waals surface area contributed by atoms with Gasteiger partial charge in [-0.2, -0.15) is 0 Å². The Balaban J connectivity index is 2.28. The van der Waals surface area contributed by atoms with E-state index in [1.54, 1.807) is 0 Å². The minimum atomic E-state index is 0.0922. The SMILES string of the molecule is CC1(C)c2c[c]ccc2Sc2ccccc21. The van der Waals surface area contributed by atoms with Crippen molar-refractivity contribution in [2.24, 2.45) is 0 Å². The Bertz CT molecular complexity index is 493. The van der Waals surface area contributed by atoms with Gasteiger partial charge in [0, 0.05) is 15.2 Å². The van der Waals surface area contributed by atoms with Crippen LogP contribution in [0.25, 0.3) is 0 Å². The smallest absolute Gasteiger partial charge is 0.0169 e. The molecule has 0 saturated carbocycles. The second-order valence-electron chi connectivity index (χ2n) is 4.65. The van der Waals surface area contributed by atoms with Crippen LogP contribution in [0.1, 0.15) is 25.0 Å². The highest BCUT2D eigenvalue weighted by Gasteiger charge is 2.32. The molecule has 0 N–H and O–H groups in total. The van der Waals surface area contributed by atoms with Gasteiger partial charge in [0.15, 0.2) is 0 Å². The fraction of sp³-hybridized carbons (Fsp3) is 0.200. The van der Waals surface area contributed by atoms with Gasteiger partial charge in [-0.25, -0.2) is 0 Å². The molecule has 1 radical (unpaired) electrons. The Hall–Kier alpha value is -1.21. The van der Waals surface area contributed by atoms with Crippen LogP contribution in [0, 0.1) is 6.07 Å². The van der Waals surface area contributed by atoms with Crippen molar-refractivity contribution in [1.82, 2.24) is 0 Å². The van der Waals surface area contributed by atoms with Crippen molar-refractivity contribution in [3.63, 3.8) is 0 Å². The van der Waals surface area contributed by atoms with Gasteiger partial charge < -0.3 is 0 Å². The highest BCUT2D eigenvalue weighted by atomic mass is 32.2. The molecule has 0 unspecified atom stereocenters. The maximum absolute atomic E-state index is 3.19. The zero-order chi connectivity index (χ0) is 11.2. The Morgan fingerprint density at radius 1 is 1.00 bits per heavy atom. The largest absolute Gasteiger partial charge is 0.0895 e. The average molecular weight is 225 g/mol. The second-order valence-corrected chi connectivity index (χ2v) is 5.73. The summed E-state index contributed by atoms with van der Waals surface area (Å²) in [5.74, 6) is 0. The lowest BCUT2D eigenvalue weighted by Crippen LogP contribution is -2.23. The molecular formula is C15H13S. The summed E-state index contributed by atoms with van der Waals surface area (Å²) in [5, 5.41) is 0. The second kappa shape index (κ2) is 3.39. The van der Waals surface area contributed by atoms with Crippen molar-refractivity contribution < 1.29 is 0 Å². The predicted octanol–water partition coefficient (Wildman–Crippen LogP) is 4.28. The van der Waals surface area contributed by atoms with E-state index in [1.807, 2.05) is 17.8 Å². The van der Waals surface area contributed by atoms with Crippen molar-refractivity contribution in [2.75, 3.05) is 0 Å². The van der Waals surface area contributed by atoms with Crippen molar-refractivity contribution in [2.45, 2.75) is 29.1 Å². The van der Waals surface area contributed by atoms with Crippen LogP contribution in [0.5, 0.6) is 0 Å². The van der Waals surface area contributed by atoms with Gasteiger partial charge in [0.2, 0.25) is 0 Å². The first kappa shape index (κ1) is 9.98. The van der Waals surface area contributed by atoms with E-state index in [0.717, 1.165) is 0 Å². The molecule has 0 spiro atoms. The summed E-state index contributed by atoms with van der Waals surface area (Å²) in [6.45, 7) is 4.58. The molecule has 1 aliphatic rings. The Kier molecular flexibility index (Phi) is 2.11. The van der Waals surface area contributed by atoms with Crippen LogP contribution in [0.3, 0.4) is 0 Å². The molecule has 0 aromatic heterocycles. The van der Waals surface area contributed by atoms with Crippen LogP contribution < -0.4 is 0 Å². The summed E-state index contributed by atoms with van der Waals surface area (Å²) in [5.41, 5.74) is 2.90. The van der Waals surface area contributed by atoms with Gasteiger partial charge >= 0.3 is 0 Å². The van der Waals surface area contributed by atoms with Gasteiger partial charge in [-0.1, -0.05) is 49.9 Å². The quantitative estimate of drug-likeness (QED) is 0.645. The number of hydrogen-bond donors (Lipinski definition) is 0. The maximum atomic E-state index is 3.19. The van der Waals surface area contributed by atoms with E-state index in [-0.39, 0.29) is 5.41 Å². The van der Waals surface area contributed by atoms with Gasteiger partial charge in [-0.05, 0) is 35.4 Å². The number of rotatable bonds is 0. The third-order valence-electron chi connectivity index (χ3n) is 3.28. The third-order valence-corrected chi connectivity index (χ3v) is 4.43. The molecule has 2 aromatic carbocycles. The molecule has 0 bridgehead atoms. The summed E-state index contributed by atoms with van der Waals surface area (Å²) < 4.78 is 0. The van der Waals surface area contributed by atoms with Crippen molar-refractivity contribution >= 4 is 11.8 Å². The highest BCUT2D eigenvalue weighted by Crippen LogP contribution is 2.48. The van der Waals surface area contributed by atoms with Crippen LogP contribution >= 0.6 is 11.8 Å². The molecule has 1 aliphatic heterocycles. The molecule has 2 aromatic rings. The third kappa shape index (κ3) is 1.31. The maximum Gasteiger partial charge on any atom is 0.0169 e. The van der Waals surface area contributed by atoms with Crippen LogP contribution in [0.2, 0.25) is 0 Å². The van der Waals surface area contributed by atoms with Gasteiger partial charge in [-0.3, -0.25) is 0 Å². The van der Waals surface area contributed by atoms with Crippen LogP contribution in [-0.2, 0) is 5.41 Å². The standard InChI is InChI=1S/C15H13S/c1-15(2)11-7-3-5-9-13(11)16-14-10-6-4-8-12(14)15/h3,5-10H,1-2H3. The zero-order valence-corrected chi connectivity index (χ0v) is 10.3. The van der Waals surface area contributed by atoms with E-state index >= 15 is 0 Å². The highest BCUT2D eigenvalue weighted by molar-refractivity contribution is 7.99. The number of fused-ring (bicyclic) bond motifs is 2. The van der Waals surface area contributed by atoms with Gasteiger partial charge in [0.25, 0.3) is 0 Å². The number of hydrogen-bond acceptors (Lipinski definition) is 1. The molecule has 16 heavy (non-hydrogen) atoms. The minimum Gasteiger partial charge on any atom is -0.0895 e. The number of benzene rings is 2. The van der Waals surface area contributed by atoms with E-state index in [2.05, 4.69) is 56.3 Å². The molecule has 0 nitrogen and oxygen atoms in total. The Labute approximate surface area is 101 Å². The van der Waals surface area contributed by atoms with E-state index in [9.17, 15) is 0 Å². The minimum absolute atomic E-state index is 0.0922. The topological polar surface area (TPSA) is 0 Å². The Morgan fingerprint density at radius 2 is 1.75 bits per heavy atom. The average Bonchev–Trinajstić information content (AvgIpc) is 2.29. The van der Waals surface area contributed by atoms with Gasteiger partial charge in [-0.15, -0.1) is 0 Å². The normalized spacial score (nSPS) is 16.4. The molecular weight excluding hydrogens is 212 g/mol. The lowest BCUT2D eigenvalue weighted by Gasteiger charge is -2.34. The van der Waals surface area contributed by atoms with Gasteiger partial charge in [0.1, 0.15) is 0 Å². The van der Waals surface area contributed by atoms with E-state index in [4.69, 9.17) is 0 Å². The molecule has 0 amide bonds. The van der Waals surface area contributed by atoms with Crippen LogP contribution in [-0.4, -0.2) is 0 Å². The van der Waals surface area contributed by atoms with Crippen molar-refractivity contribution in [3.8, 4) is 0 Å². The summed E-state index contributed by atoms with van der Waals surface area (Å²) in [6.07, 6.45) is 0. The first-order valence-corrected chi connectivity index (χ1v) is 6.29. The summed E-state index contributed by atoms with van der Waals surface area (Å²) >= 11 is 1.86. The molecule has 1 heteroatoms. The summed E-state index contributed by atoms with van der Waals surface area (Å²) in [4.78, 5) is 2.74. The fourth-order valence-corrected chi connectivity index (χ4v) is 3.71. The molecule has 1 heterocycles. The van der Waals surface area contributed by atoms with Gasteiger partial charge in [0.05, 0.1) is 0 Å². The van der Waals surface area contributed by atoms with E-state index in [1.165, 1.54) is 20.9 Å². The van der Waals surface area contributed by atoms with Crippen molar-refractivity contribution in [3.05, 3.63) is 59.7 Å². The van der Waals surface area contributed by atoms with E-state index < -0.39 is 0 Å². The monoisotopic (exact) mass is 225 g/mol. The first-order valence-electron chi connectivity index (χ1n) is 5.47.